The van der Waals surface area contributed by atoms with Gasteiger partial charge in [-0.15, -0.1) is 0 Å². The molecule has 0 aliphatic heterocycles. The summed E-state index contributed by atoms with van der Waals surface area (Å²) in [6.45, 7) is 0.328. The van der Waals surface area contributed by atoms with Gasteiger partial charge in [0.15, 0.2) is 0 Å². The summed E-state index contributed by atoms with van der Waals surface area (Å²) in [5.74, 6) is -0.207. The summed E-state index contributed by atoms with van der Waals surface area (Å²) in [7, 11) is 0. The number of hydrogen-bond acceptors (Lipinski definition) is 3. The first-order chi connectivity index (χ1) is 10.1. The standard InChI is InChI=1S/C16H14BrN3O/c17-12-7-8-14(15(19)11-12)16(21)20(10-4-9-18)13-5-2-1-3-6-13/h1-3,5-8,11H,4,10,19H2. The highest BCUT2D eigenvalue weighted by Gasteiger charge is 2.19. The van der Waals surface area contributed by atoms with Crippen LogP contribution in [0.15, 0.2) is 53.0 Å². The number of benzene rings is 2. The molecule has 2 aromatic rings. The molecule has 2 aromatic carbocycles. The predicted octanol–water partition coefficient (Wildman–Crippen LogP) is 3.59. The summed E-state index contributed by atoms with van der Waals surface area (Å²) in [5.41, 5.74) is 7.51. The zero-order valence-corrected chi connectivity index (χ0v) is 12.9. The first kappa shape index (κ1) is 15.1. The van der Waals surface area contributed by atoms with Crippen LogP contribution in [0.25, 0.3) is 0 Å². The van der Waals surface area contributed by atoms with Gasteiger partial charge >= 0.3 is 0 Å². The Kier molecular flexibility index (Phi) is 4.96. The zero-order chi connectivity index (χ0) is 15.2. The van der Waals surface area contributed by atoms with E-state index >= 15 is 0 Å². The van der Waals surface area contributed by atoms with Crippen LogP contribution in [-0.2, 0) is 0 Å². The van der Waals surface area contributed by atoms with Crippen molar-refractivity contribution >= 4 is 33.2 Å². The number of nitrogen functional groups attached to an aromatic ring is 1. The van der Waals surface area contributed by atoms with Gasteiger partial charge in [-0.1, -0.05) is 34.1 Å². The maximum absolute atomic E-state index is 12.7. The minimum absolute atomic E-state index is 0.207. The Morgan fingerprint density at radius 2 is 1.95 bits per heavy atom. The molecule has 21 heavy (non-hydrogen) atoms. The molecule has 5 heteroatoms. The Balaban J connectivity index is 2.37. The molecule has 2 rings (SSSR count). The van der Waals surface area contributed by atoms with Crippen molar-refractivity contribution in [3.63, 3.8) is 0 Å². The van der Waals surface area contributed by atoms with Crippen LogP contribution >= 0.6 is 15.9 Å². The Morgan fingerprint density at radius 1 is 1.24 bits per heavy atom. The van der Waals surface area contributed by atoms with Crippen LogP contribution < -0.4 is 10.6 Å². The van der Waals surface area contributed by atoms with E-state index in [1.165, 1.54) is 0 Å². The third kappa shape index (κ3) is 3.61. The molecular weight excluding hydrogens is 330 g/mol. The maximum Gasteiger partial charge on any atom is 0.260 e. The van der Waals surface area contributed by atoms with Crippen molar-refractivity contribution < 1.29 is 4.79 Å². The van der Waals surface area contributed by atoms with Gasteiger partial charge in [0, 0.05) is 22.4 Å². The second kappa shape index (κ2) is 6.91. The van der Waals surface area contributed by atoms with E-state index in [0.717, 1.165) is 10.2 Å². The third-order valence-corrected chi connectivity index (χ3v) is 3.50. The van der Waals surface area contributed by atoms with Gasteiger partial charge in [0.25, 0.3) is 5.91 Å². The number of amides is 1. The number of anilines is 2. The lowest BCUT2D eigenvalue weighted by atomic mass is 10.1. The first-order valence-corrected chi connectivity index (χ1v) is 7.21. The number of hydrogen-bond donors (Lipinski definition) is 1. The Bertz CT molecular complexity index is 680. The van der Waals surface area contributed by atoms with Gasteiger partial charge in [-0.05, 0) is 30.3 Å². The van der Waals surface area contributed by atoms with Crippen LogP contribution in [-0.4, -0.2) is 12.5 Å². The smallest absolute Gasteiger partial charge is 0.260 e. The van der Waals surface area contributed by atoms with Gasteiger partial charge in [-0.3, -0.25) is 4.79 Å². The minimum Gasteiger partial charge on any atom is -0.398 e. The lowest BCUT2D eigenvalue weighted by Crippen LogP contribution is -2.32. The fourth-order valence-corrected chi connectivity index (χ4v) is 2.37. The van der Waals surface area contributed by atoms with Crippen molar-refractivity contribution in [2.75, 3.05) is 17.2 Å². The van der Waals surface area contributed by atoms with Crippen molar-refractivity contribution in [3.05, 3.63) is 58.6 Å². The molecule has 0 aromatic heterocycles. The molecule has 1 amide bonds. The molecule has 0 heterocycles. The fourth-order valence-electron chi connectivity index (χ4n) is 1.99. The number of nitrogens with zero attached hydrogens (tertiary/aromatic N) is 2. The maximum atomic E-state index is 12.7. The Labute approximate surface area is 131 Å². The van der Waals surface area contributed by atoms with Crippen LogP contribution in [0.5, 0.6) is 0 Å². The van der Waals surface area contributed by atoms with E-state index in [2.05, 4.69) is 22.0 Å². The summed E-state index contributed by atoms with van der Waals surface area (Å²) < 4.78 is 0.819. The molecule has 4 nitrogen and oxygen atoms in total. The summed E-state index contributed by atoms with van der Waals surface area (Å²) >= 11 is 3.32. The van der Waals surface area contributed by atoms with Gasteiger partial charge in [-0.25, -0.2) is 0 Å². The van der Waals surface area contributed by atoms with E-state index in [-0.39, 0.29) is 12.3 Å². The largest absolute Gasteiger partial charge is 0.398 e. The summed E-state index contributed by atoms with van der Waals surface area (Å²) in [5, 5.41) is 8.79. The van der Waals surface area contributed by atoms with Gasteiger partial charge in [0.1, 0.15) is 0 Å². The number of para-hydroxylation sites is 1. The van der Waals surface area contributed by atoms with E-state index < -0.39 is 0 Å². The number of carbonyl (C=O) groups excluding carboxylic acids is 1. The average molecular weight is 344 g/mol. The molecule has 0 saturated heterocycles. The SMILES string of the molecule is N#CCCN(C(=O)c1ccc(Br)cc1N)c1ccccc1. The van der Waals surface area contributed by atoms with Crippen LogP contribution in [0, 0.1) is 11.3 Å². The average Bonchev–Trinajstić information content (AvgIpc) is 2.48. The van der Waals surface area contributed by atoms with Gasteiger partial charge in [0.2, 0.25) is 0 Å². The quantitative estimate of drug-likeness (QED) is 0.862. The molecule has 0 atom stereocenters. The summed E-state index contributed by atoms with van der Waals surface area (Å²) in [6, 6.07) is 16.5. The monoisotopic (exact) mass is 343 g/mol. The molecule has 0 fully saturated rings. The second-order valence-corrected chi connectivity index (χ2v) is 5.35. The number of rotatable bonds is 4. The van der Waals surface area contributed by atoms with E-state index in [0.29, 0.717) is 17.8 Å². The molecule has 0 unspecified atom stereocenters. The third-order valence-electron chi connectivity index (χ3n) is 3.00. The van der Waals surface area contributed by atoms with Crippen LogP contribution in [0.4, 0.5) is 11.4 Å². The molecule has 106 valence electrons. The number of halogens is 1. The Hall–Kier alpha value is -2.32. The van der Waals surface area contributed by atoms with E-state index in [1.807, 2.05) is 30.3 Å². The van der Waals surface area contributed by atoms with Crippen LogP contribution in [0.1, 0.15) is 16.8 Å². The first-order valence-electron chi connectivity index (χ1n) is 6.42. The van der Waals surface area contributed by atoms with Crippen molar-refractivity contribution in [1.29, 1.82) is 5.26 Å². The molecule has 0 bridgehead atoms. The van der Waals surface area contributed by atoms with Gasteiger partial charge < -0.3 is 10.6 Å². The lowest BCUT2D eigenvalue weighted by Gasteiger charge is -2.22. The molecule has 0 spiro atoms. The van der Waals surface area contributed by atoms with Crippen LogP contribution in [0.3, 0.4) is 0 Å². The fraction of sp³-hybridized carbons (Fsp3) is 0.125. The van der Waals surface area contributed by atoms with Gasteiger partial charge in [0.05, 0.1) is 18.1 Å². The molecule has 0 aliphatic rings. The van der Waals surface area contributed by atoms with Crippen molar-refractivity contribution in [2.45, 2.75) is 6.42 Å². The van der Waals surface area contributed by atoms with Crippen LogP contribution in [0.2, 0.25) is 0 Å². The zero-order valence-electron chi connectivity index (χ0n) is 11.3. The molecule has 0 saturated carbocycles. The van der Waals surface area contributed by atoms with Crippen molar-refractivity contribution in [3.8, 4) is 6.07 Å². The topological polar surface area (TPSA) is 70.1 Å². The highest BCUT2D eigenvalue weighted by Crippen LogP contribution is 2.23. The Morgan fingerprint density at radius 3 is 2.57 bits per heavy atom. The predicted molar refractivity (Wildman–Crippen MR) is 86.9 cm³/mol. The molecule has 0 radical (unpaired) electrons. The van der Waals surface area contributed by atoms with Crippen molar-refractivity contribution in [1.82, 2.24) is 0 Å². The number of carbonyl (C=O) groups is 1. The number of nitriles is 1. The highest BCUT2D eigenvalue weighted by atomic mass is 79.9. The molecule has 2 N–H and O–H groups in total. The number of nitrogens with two attached hydrogens (primary N) is 1. The minimum atomic E-state index is -0.207. The second-order valence-electron chi connectivity index (χ2n) is 4.43. The van der Waals surface area contributed by atoms with E-state index in [4.69, 9.17) is 11.0 Å². The summed E-state index contributed by atoms with van der Waals surface area (Å²) in [4.78, 5) is 14.3. The molecule has 0 aliphatic carbocycles. The summed E-state index contributed by atoms with van der Waals surface area (Å²) in [6.07, 6.45) is 0.261. The highest BCUT2D eigenvalue weighted by molar-refractivity contribution is 9.10. The lowest BCUT2D eigenvalue weighted by molar-refractivity contribution is 0.0988. The van der Waals surface area contributed by atoms with Crippen molar-refractivity contribution in [2.24, 2.45) is 0 Å². The van der Waals surface area contributed by atoms with E-state index in [1.54, 1.807) is 23.1 Å². The normalized spacial score (nSPS) is 9.90. The molecular formula is C16H14BrN3O. The van der Waals surface area contributed by atoms with E-state index in [9.17, 15) is 4.79 Å². The van der Waals surface area contributed by atoms with Gasteiger partial charge in [-0.2, -0.15) is 5.26 Å².